The lowest BCUT2D eigenvalue weighted by Crippen LogP contribution is -2.46. The Morgan fingerprint density at radius 2 is 1.96 bits per heavy atom. The molecule has 0 N–H and O–H groups in total. The van der Waals surface area contributed by atoms with Gasteiger partial charge in [0.05, 0.1) is 24.3 Å². The quantitative estimate of drug-likeness (QED) is 0.784. The smallest absolute Gasteiger partial charge is 0.133 e. The molecule has 0 radical (unpaired) electrons. The molecule has 1 aromatic heterocycles. The molecule has 0 saturated carbocycles. The number of morpholine rings is 1. The number of nitrogens with zero attached hydrogens (tertiary/aromatic N) is 3. The van der Waals surface area contributed by atoms with Crippen molar-refractivity contribution in [3.05, 3.63) is 35.9 Å². The van der Waals surface area contributed by atoms with Gasteiger partial charge in [0.2, 0.25) is 0 Å². The first-order valence-corrected chi connectivity index (χ1v) is 10.6. The highest BCUT2D eigenvalue weighted by molar-refractivity contribution is 5.81. The summed E-state index contributed by atoms with van der Waals surface area (Å²) < 4.78 is 11.5. The van der Waals surface area contributed by atoms with Crippen LogP contribution in [-0.4, -0.2) is 61.0 Å². The van der Waals surface area contributed by atoms with Crippen molar-refractivity contribution in [1.29, 1.82) is 0 Å². The van der Waals surface area contributed by atoms with Gasteiger partial charge in [-0.15, -0.1) is 0 Å². The Balaban J connectivity index is 1.65. The van der Waals surface area contributed by atoms with Crippen LogP contribution in [0.5, 0.6) is 0 Å². The zero-order valence-corrected chi connectivity index (χ0v) is 17.5. The third kappa shape index (κ3) is 4.32. The molecule has 5 heteroatoms. The van der Waals surface area contributed by atoms with E-state index in [-0.39, 0.29) is 5.60 Å². The normalized spacial score (nSPS) is 22.7. The molecule has 2 aromatic rings. The summed E-state index contributed by atoms with van der Waals surface area (Å²) in [5.74, 6) is 1.13. The fourth-order valence-corrected chi connectivity index (χ4v) is 4.54. The molecule has 0 amide bonds. The summed E-state index contributed by atoms with van der Waals surface area (Å²) in [6, 6.07) is 11.4. The molecule has 1 aromatic carbocycles. The van der Waals surface area contributed by atoms with Gasteiger partial charge in [-0.2, -0.15) is 0 Å². The third-order valence-electron chi connectivity index (χ3n) is 6.06. The summed E-state index contributed by atoms with van der Waals surface area (Å²) in [6.07, 6.45) is 2.18. The van der Waals surface area contributed by atoms with Gasteiger partial charge in [0.1, 0.15) is 5.82 Å². The van der Waals surface area contributed by atoms with Crippen LogP contribution in [0.1, 0.15) is 39.2 Å². The number of rotatable bonds is 5. The van der Waals surface area contributed by atoms with Crippen LogP contribution < -0.4 is 4.90 Å². The summed E-state index contributed by atoms with van der Waals surface area (Å²) in [5.41, 5.74) is 2.36. The number of hydrogen-bond donors (Lipinski definition) is 0. The first-order valence-electron chi connectivity index (χ1n) is 10.6. The maximum atomic E-state index is 5.96. The van der Waals surface area contributed by atoms with E-state index in [1.54, 1.807) is 0 Å². The summed E-state index contributed by atoms with van der Waals surface area (Å²) >= 11 is 0. The van der Waals surface area contributed by atoms with Gasteiger partial charge in [0, 0.05) is 43.2 Å². The number of anilines is 1. The van der Waals surface area contributed by atoms with E-state index in [0.717, 1.165) is 70.2 Å². The molecule has 4 rings (SSSR count). The minimum absolute atomic E-state index is 0.0367. The van der Waals surface area contributed by atoms with Crippen molar-refractivity contribution in [1.82, 2.24) is 9.88 Å². The van der Waals surface area contributed by atoms with Crippen molar-refractivity contribution in [2.45, 2.75) is 51.8 Å². The number of hydrogen-bond acceptors (Lipinski definition) is 5. The number of fused-ring (bicyclic) bond motifs is 1. The Kier molecular flexibility index (Phi) is 5.85. The molecule has 2 aliphatic rings. The number of aromatic nitrogens is 1. The fourth-order valence-electron chi connectivity index (χ4n) is 4.54. The predicted octanol–water partition coefficient (Wildman–Crippen LogP) is 3.85. The lowest BCUT2D eigenvalue weighted by molar-refractivity contribution is -0.0838. The average molecular weight is 384 g/mol. The minimum atomic E-state index is -0.0367. The SMILES string of the molecule is CCN(Cc1cc2ccccc2nc1N1CCOCC1)[C@H]1CCOC(C)(C)C1. The third-order valence-corrected chi connectivity index (χ3v) is 6.06. The molecular formula is C23H33N3O2. The monoisotopic (exact) mass is 383 g/mol. The molecule has 0 unspecified atom stereocenters. The first kappa shape index (κ1) is 19.6. The van der Waals surface area contributed by atoms with Crippen LogP contribution in [0.15, 0.2) is 30.3 Å². The van der Waals surface area contributed by atoms with Crippen molar-refractivity contribution in [2.75, 3.05) is 44.4 Å². The molecule has 152 valence electrons. The van der Waals surface area contributed by atoms with E-state index in [1.165, 1.54) is 10.9 Å². The highest BCUT2D eigenvalue weighted by Crippen LogP contribution is 2.31. The first-order chi connectivity index (χ1) is 13.6. The molecule has 2 saturated heterocycles. The second-order valence-corrected chi connectivity index (χ2v) is 8.58. The lowest BCUT2D eigenvalue weighted by atomic mass is 9.92. The minimum Gasteiger partial charge on any atom is -0.378 e. The summed E-state index contributed by atoms with van der Waals surface area (Å²) in [7, 11) is 0. The van der Waals surface area contributed by atoms with Gasteiger partial charge >= 0.3 is 0 Å². The summed E-state index contributed by atoms with van der Waals surface area (Å²) in [6.45, 7) is 12.9. The van der Waals surface area contributed by atoms with E-state index < -0.39 is 0 Å². The molecule has 3 heterocycles. The number of para-hydroxylation sites is 1. The molecule has 2 fully saturated rings. The highest BCUT2D eigenvalue weighted by atomic mass is 16.5. The number of ether oxygens (including phenoxy) is 2. The van der Waals surface area contributed by atoms with Crippen molar-refractivity contribution < 1.29 is 9.47 Å². The van der Waals surface area contributed by atoms with Crippen LogP contribution in [-0.2, 0) is 16.0 Å². The van der Waals surface area contributed by atoms with Gasteiger partial charge in [0.15, 0.2) is 0 Å². The van der Waals surface area contributed by atoms with Crippen molar-refractivity contribution in [3.8, 4) is 0 Å². The molecule has 2 aliphatic heterocycles. The number of pyridine rings is 1. The van der Waals surface area contributed by atoms with E-state index in [0.29, 0.717) is 6.04 Å². The maximum Gasteiger partial charge on any atom is 0.133 e. The molecule has 1 atom stereocenters. The van der Waals surface area contributed by atoms with Crippen LogP contribution in [0.2, 0.25) is 0 Å². The van der Waals surface area contributed by atoms with Crippen LogP contribution in [0.4, 0.5) is 5.82 Å². The topological polar surface area (TPSA) is 37.8 Å². The van der Waals surface area contributed by atoms with E-state index in [1.807, 2.05) is 0 Å². The zero-order chi connectivity index (χ0) is 19.6. The van der Waals surface area contributed by atoms with Gasteiger partial charge in [-0.3, -0.25) is 4.90 Å². The van der Waals surface area contributed by atoms with Gasteiger partial charge in [-0.1, -0.05) is 25.1 Å². The molecule has 28 heavy (non-hydrogen) atoms. The van der Waals surface area contributed by atoms with E-state index in [2.05, 4.69) is 60.9 Å². The van der Waals surface area contributed by atoms with Gasteiger partial charge in [-0.05, 0) is 45.4 Å². The van der Waals surface area contributed by atoms with Gasteiger partial charge in [-0.25, -0.2) is 4.98 Å². The Labute approximate surface area is 168 Å². The van der Waals surface area contributed by atoms with Crippen LogP contribution in [0.3, 0.4) is 0 Å². The van der Waals surface area contributed by atoms with Crippen molar-refractivity contribution in [3.63, 3.8) is 0 Å². The second-order valence-electron chi connectivity index (χ2n) is 8.58. The van der Waals surface area contributed by atoms with Crippen LogP contribution in [0.25, 0.3) is 10.9 Å². The molecule has 0 aliphatic carbocycles. The molecule has 5 nitrogen and oxygen atoms in total. The van der Waals surface area contributed by atoms with E-state index in [4.69, 9.17) is 14.5 Å². The Morgan fingerprint density at radius 1 is 1.18 bits per heavy atom. The fraction of sp³-hybridized carbons (Fsp3) is 0.609. The zero-order valence-electron chi connectivity index (χ0n) is 17.5. The molecule has 0 spiro atoms. The maximum absolute atomic E-state index is 5.96. The summed E-state index contributed by atoms with van der Waals surface area (Å²) in [4.78, 5) is 10.1. The molecule has 0 bridgehead atoms. The number of benzene rings is 1. The summed E-state index contributed by atoms with van der Waals surface area (Å²) in [5, 5.41) is 1.22. The highest BCUT2D eigenvalue weighted by Gasteiger charge is 2.32. The van der Waals surface area contributed by atoms with Gasteiger partial charge in [0.25, 0.3) is 0 Å². The Morgan fingerprint density at radius 3 is 2.71 bits per heavy atom. The Bertz CT molecular complexity index is 802. The average Bonchev–Trinajstić information content (AvgIpc) is 2.71. The largest absolute Gasteiger partial charge is 0.378 e. The van der Waals surface area contributed by atoms with E-state index in [9.17, 15) is 0 Å². The van der Waals surface area contributed by atoms with Gasteiger partial charge < -0.3 is 14.4 Å². The second kappa shape index (κ2) is 8.36. The molecular weight excluding hydrogens is 350 g/mol. The van der Waals surface area contributed by atoms with Crippen LogP contribution >= 0.6 is 0 Å². The Hall–Kier alpha value is -1.69. The van der Waals surface area contributed by atoms with Crippen molar-refractivity contribution >= 4 is 16.7 Å². The lowest BCUT2D eigenvalue weighted by Gasteiger charge is -2.41. The van der Waals surface area contributed by atoms with E-state index >= 15 is 0 Å². The standard InChI is InChI=1S/C23H33N3O2/c1-4-25(20-9-12-28-23(2,3)16-20)17-19-15-18-7-5-6-8-21(18)24-22(19)26-10-13-27-14-11-26/h5-8,15,20H,4,9-14,16-17H2,1-3H3/t20-/m0/s1. The van der Waals surface area contributed by atoms with Crippen molar-refractivity contribution in [2.24, 2.45) is 0 Å². The van der Waals surface area contributed by atoms with Crippen LogP contribution in [0, 0.1) is 0 Å². The predicted molar refractivity (Wildman–Crippen MR) is 114 cm³/mol.